The van der Waals surface area contributed by atoms with Gasteiger partial charge in [0.25, 0.3) is 0 Å². The molecular weight excluding hydrogens is 430 g/mol. The van der Waals surface area contributed by atoms with Crippen molar-refractivity contribution >= 4 is 22.0 Å². The van der Waals surface area contributed by atoms with E-state index in [0.29, 0.717) is 5.56 Å². The van der Waals surface area contributed by atoms with E-state index in [-0.39, 0.29) is 10.5 Å². The normalized spacial score (nSPS) is 13.1. The smallest absolute Gasteiger partial charge is 0.438 e. The van der Waals surface area contributed by atoms with Gasteiger partial charge < -0.3 is 9.47 Å². The fourth-order valence-electron chi connectivity index (χ4n) is 3.11. The van der Waals surface area contributed by atoms with E-state index in [0.717, 1.165) is 12.7 Å². The van der Waals surface area contributed by atoms with Crippen molar-refractivity contribution in [1.82, 2.24) is 4.72 Å². The SMILES string of the molecule is COC(=O)O[C@H](C(=O)c1ccccc1)[C@@H](NS(=O)(=O)c1ccc(C)cc1)c1ccccc1. The van der Waals surface area contributed by atoms with Crippen molar-refractivity contribution in [3.05, 3.63) is 102 Å². The molecule has 0 spiro atoms. The lowest BCUT2D eigenvalue weighted by Crippen LogP contribution is -2.43. The second-order valence-electron chi connectivity index (χ2n) is 7.05. The molecule has 3 aromatic rings. The van der Waals surface area contributed by atoms with Crippen LogP contribution in [0, 0.1) is 6.92 Å². The summed E-state index contributed by atoms with van der Waals surface area (Å²) in [6.45, 7) is 1.84. The third-order valence-corrected chi connectivity index (χ3v) is 6.24. The molecule has 0 radical (unpaired) electrons. The Bertz CT molecular complexity index is 1160. The van der Waals surface area contributed by atoms with Crippen molar-refractivity contribution in [1.29, 1.82) is 0 Å². The van der Waals surface area contributed by atoms with E-state index in [1.165, 1.54) is 12.1 Å². The van der Waals surface area contributed by atoms with Crippen molar-refractivity contribution in [3.8, 4) is 0 Å². The van der Waals surface area contributed by atoms with Gasteiger partial charge in [-0.2, -0.15) is 4.72 Å². The van der Waals surface area contributed by atoms with Crippen LogP contribution in [-0.4, -0.2) is 33.6 Å². The van der Waals surface area contributed by atoms with Crippen LogP contribution in [0.15, 0.2) is 89.8 Å². The monoisotopic (exact) mass is 453 g/mol. The maximum atomic E-state index is 13.3. The molecule has 0 aliphatic rings. The number of carbonyl (C=O) groups excluding carboxylic acids is 2. The van der Waals surface area contributed by atoms with Crippen LogP contribution in [0.4, 0.5) is 4.79 Å². The summed E-state index contributed by atoms with van der Waals surface area (Å²) >= 11 is 0. The predicted octanol–water partition coefficient (Wildman–Crippen LogP) is 4.05. The predicted molar refractivity (Wildman–Crippen MR) is 119 cm³/mol. The fourth-order valence-corrected chi connectivity index (χ4v) is 4.33. The number of methoxy groups -OCH3 is 1. The molecule has 2 atom stereocenters. The highest BCUT2D eigenvalue weighted by molar-refractivity contribution is 7.89. The standard InChI is InChI=1S/C24H23NO6S/c1-17-13-15-20(16-14-17)32(28,29)25-21(18-9-5-3-6-10-18)23(31-24(27)30-2)22(26)19-11-7-4-8-12-19/h3-16,21,23,25H,1-2H3/t21-,23-/m0/s1. The number of nitrogens with one attached hydrogen (secondary N) is 1. The maximum Gasteiger partial charge on any atom is 0.508 e. The van der Waals surface area contributed by atoms with Crippen molar-refractivity contribution < 1.29 is 27.5 Å². The lowest BCUT2D eigenvalue weighted by molar-refractivity contribution is 0.0237. The molecule has 0 heterocycles. The summed E-state index contributed by atoms with van der Waals surface area (Å²) in [6, 6.07) is 21.7. The zero-order valence-electron chi connectivity index (χ0n) is 17.6. The Morgan fingerprint density at radius 2 is 1.41 bits per heavy atom. The highest BCUT2D eigenvalue weighted by Crippen LogP contribution is 2.26. The number of hydrogen-bond donors (Lipinski definition) is 1. The van der Waals surface area contributed by atoms with E-state index in [9.17, 15) is 18.0 Å². The number of aryl methyl sites for hydroxylation is 1. The molecule has 0 saturated heterocycles. The summed E-state index contributed by atoms with van der Waals surface area (Å²) < 4.78 is 38.7. The first-order valence-electron chi connectivity index (χ1n) is 9.79. The van der Waals surface area contributed by atoms with Crippen LogP contribution < -0.4 is 4.72 Å². The van der Waals surface area contributed by atoms with Gasteiger partial charge in [-0.15, -0.1) is 0 Å². The highest BCUT2D eigenvalue weighted by atomic mass is 32.2. The number of Topliss-reactive ketones (excluding diaryl/α,β-unsaturated/α-hetero) is 1. The number of sulfonamides is 1. The third kappa shape index (κ3) is 5.60. The van der Waals surface area contributed by atoms with Crippen LogP contribution in [-0.2, 0) is 19.5 Å². The van der Waals surface area contributed by atoms with Crippen molar-refractivity contribution in [2.45, 2.75) is 24.0 Å². The molecule has 32 heavy (non-hydrogen) atoms. The van der Waals surface area contributed by atoms with Crippen LogP contribution in [0.1, 0.15) is 27.5 Å². The van der Waals surface area contributed by atoms with Gasteiger partial charge in [-0.25, -0.2) is 13.2 Å². The van der Waals surface area contributed by atoms with E-state index >= 15 is 0 Å². The number of ether oxygens (including phenoxy) is 2. The van der Waals surface area contributed by atoms with Gasteiger partial charge in [0, 0.05) is 5.56 Å². The fraction of sp³-hybridized carbons (Fsp3) is 0.167. The molecule has 7 nitrogen and oxygen atoms in total. The zero-order chi connectivity index (χ0) is 23.1. The molecule has 3 rings (SSSR count). The Hall–Kier alpha value is -3.49. The van der Waals surface area contributed by atoms with Crippen LogP contribution in [0.2, 0.25) is 0 Å². The third-order valence-electron chi connectivity index (χ3n) is 4.78. The first-order chi connectivity index (χ1) is 15.3. The topological polar surface area (TPSA) is 98.8 Å². The summed E-state index contributed by atoms with van der Waals surface area (Å²) in [6.07, 6.45) is -2.61. The van der Waals surface area contributed by atoms with Crippen molar-refractivity contribution in [2.24, 2.45) is 0 Å². The molecule has 0 aliphatic heterocycles. The Morgan fingerprint density at radius 3 is 1.97 bits per heavy atom. The van der Waals surface area contributed by atoms with Crippen molar-refractivity contribution in [2.75, 3.05) is 7.11 Å². The summed E-state index contributed by atoms with van der Waals surface area (Å²) in [5.74, 6) is -0.573. The molecule has 0 amide bonds. The summed E-state index contributed by atoms with van der Waals surface area (Å²) in [5.41, 5.74) is 1.60. The van der Waals surface area contributed by atoms with E-state index in [1.807, 2.05) is 6.92 Å². The number of carbonyl (C=O) groups is 2. The van der Waals surface area contributed by atoms with E-state index in [2.05, 4.69) is 9.46 Å². The Morgan fingerprint density at radius 1 is 0.844 bits per heavy atom. The van der Waals surface area contributed by atoms with Gasteiger partial charge in [-0.05, 0) is 24.6 Å². The van der Waals surface area contributed by atoms with Gasteiger partial charge in [-0.3, -0.25) is 4.79 Å². The molecule has 0 aromatic heterocycles. The molecule has 3 aromatic carbocycles. The van der Waals surface area contributed by atoms with Gasteiger partial charge in [-0.1, -0.05) is 78.4 Å². The van der Waals surface area contributed by atoms with Gasteiger partial charge in [0.15, 0.2) is 6.10 Å². The lowest BCUT2D eigenvalue weighted by atomic mass is 9.95. The summed E-state index contributed by atoms with van der Waals surface area (Å²) in [7, 11) is -2.95. The molecule has 0 unspecified atom stereocenters. The first kappa shape index (κ1) is 23.2. The van der Waals surface area contributed by atoms with Crippen LogP contribution >= 0.6 is 0 Å². The first-order valence-corrected chi connectivity index (χ1v) is 11.3. The minimum absolute atomic E-state index is 0.0213. The minimum atomic E-state index is -4.06. The van der Waals surface area contributed by atoms with Crippen molar-refractivity contribution in [3.63, 3.8) is 0 Å². The zero-order valence-corrected chi connectivity index (χ0v) is 18.4. The number of benzene rings is 3. The number of ketones is 1. The van der Waals surface area contributed by atoms with Gasteiger partial charge in [0.2, 0.25) is 15.8 Å². The van der Waals surface area contributed by atoms with Gasteiger partial charge in [0.05, 0.1) is 18.0 Å². The Balaban J connectivity index is 2.07. The molecule has 0 bridgehead atoms. The molecule has 0 aliphatic carbocycles. The molecule has 0 fully saturated rings. The van der Waals surface area contributed by atoms with Gasteiger partial charge in [0.1, 0.15) is 0 Å². The number of rotatable bonds is 8. The Labute approximate surface area is 187 Å². The lowest BCUT2D eigenvalue weighted by Gasteiger charge is -2.27. The largest absolute Gasteiger partial charge is 0.508 e. The number of hydrogen-bond acceptors (Lipinski definition) is 6. The average molecular weight is 454 g/mol. The molecule has 1 N–H and O–H groups in total. The quantitative estimate of drug-likeness (QED) is 0.408. The maximum absolute atomic E-state index is 13.3. The Kier molecular flexibility index (Phi) is 7.40. The van der Waals surface area contributed by atoms with Gasteiger partial charge >= 0.3 is 6.16 Å². The molecule has 0 saturated carbocycles. The average Bonchev–Trinajstić information content (AvgIpc) is 2.82. The van der Waals surface area contributed by atoms with Crippen LogP contribution in [0.3, 0.4) is 0 Å². The van der Waals surface area contributed by atoms with E-state index < -0.39 is 34.1 Å². The second kappa shape index (κ2) is 10.2. The second-order valence-corrected chi connectivity index (χ2v) is 8.76. The van der Waals surface area contributed by atoms with E-state index in [1.54, 1.807) is 72.8 Å². The van der Waals surface area contributed by atoms with Crippen LogP contribution in [0.25, 0.3) is 0 Å². The molecular formula is C24H23NO6S. The van der Waals surface area contributed by atoms with Crippen LogP contribution in [0.5, 0.6) is 0 Å². The van der Waals surface area contributed by atoms with E-state index in [4.69, 9.17) is 4.74 Å². The summed E-state index contributed by atoms with van der Waals surface area (Å²) in [5, 5.41) is 0. The highest BCUT2D eigenvalue weighted by Gasteiger charge is 2.37. The molecule has 166 valence electrons. The molecule has 8 heteroatoms. The minimum Gasteiger partial charge on any atom is -0.438 e. The summed E-state index contributed by atoms with van der Waals surface area (Å²) in [4.78, 5) is 25.3.